The first-order valence-electron chi connectivity index (χ1n) is 7.89. The van der Waals surface area contributed by atoms with Crippen molar-refractivity contribution in [3.63, 3.8) is 0 Å². The highest BCUT2D eigenvalue weighted by Crippen LogP contribution is 2.27. The normalized spacial score (nSPS) is 22.8. The summed E-state index contributed by atoms with van der Waals surface area (Å²) in [4.78, 5) is 14.6. The Balaban J connectivity index is 1.66. The molecule has 2 heterocycles. The number of rotatable bonds is 4. The van der Waals surface area contributed by atoms with Gasteiger partial charge in [0.15, 0.2) is 0 Å². The number of amides is 1. The molecule has 122 valence electrons. The van der Waals surface area contributed by atoms with Crippen molar-refractivity contribution in [2.45, 2.75) is 31.6 Å². The number of morpholine rings is 1. The lowest BCUT2D eigenvalue weighted by Gasteiger charge is -2.37. The van der Waals surface area contributed by atoms with Gasteiger partial charge in [0.25, 0.3) is 0 Å². The summed E-state index contributed by atoms with van der Waals surface area (Å²) >= 11 is 1.64. The molecular weight excluding hydrogens is 308 g/mol. The minimum atomic E-state index is -0.508. The molecule has 0 radical (unpaired) electrons. The number of hydrogen-bond acceptors (Lipinski definition) is 4. The summed E-state index contributed by atoms with van der Waals surface area (Å²) in [6.45, 7) is 3.17. The molecule has 0 bridgehead atoms. The van der Waals surface area contributed by atoms with E-state index in [1.54, 1.807) is 11.3 Å². The third-order valence-electron chi connectivity index (χ3n) is 4.10. The van der Waals surface area contributed by atoms with Crippen LogP contribution in [0.4, 0.5) is 0 Å². The molecule has 3 rings (SSSR count). The number of nitrogens with zero attached hydrogens (tertiary/aromatic N) is 1. The molecule has 4 nitrogen and oxygen atoms in total. The van der Waals surface area contributed by atoms with Gasteiger partial charge in [-0.05, 0) is 41.3 Å². The Bertz CT molecular complexity index is 630. The Kier molecular flexibility index (Phi) is 5.10. The quantitative estimate of drug-likeness (QED) is 0.937. The van der Waals surface area contributed by atoms with Crippen molar-refractivity contribution in [1.29, 1.82) is 0 Å². The Labute approximate surface area is 140 Å². The highest BCUT2D eigenvalue weighted by atomic mass is 32.1. The molecule has 2 aromatic rings. The van der Waals surface area contributed by atoms with E-state index in [9.17, 15) is 4.79 Å². The third kappa shape index (κ3) is 3.99. The monoisotopic (exact) mass is 330 g/mol. The average Bonchev–Trinajstić information content (AvgIpc) is 3.09. The van der Waals surface area contributed by atoms with Crippen molar-refractivity contribution in [3.05, 3.63) is 58.3 Å². The molecule has 1 fully saturated rings. The number of ether oxygens (including phenoxy) is 1. The molecule has 0 saturated carbocycles. The van der Waals surface area contributed by atoms with Crippen molar-refractivity contribution in [1.82, 2.24) is 4.90 Å². The molecule has 1 amide bonds. The maximum Gasteiger partial charge on any atom is 0.240 e. The topological polar surface area (TPSA) is 55.6 Å². The van der Waals surface area contributed by atoms with Gasteiger partial charge in [-0.25, -0.2) is 0 Å². The van der Waals surface area contributed by atoms with Crippen molar-refractivity contribution in [3.8, 4) is 0 Å². The summed E-state index contributed by atoms with van der Waals surface area (Å²) < 4.78 is 5.98. The van der Waals surface area contributed by atoms with Crippen LogP contribution < -0.4 is 5.73 Å². The van der Waals surface area contributed by atoms with E-state index in [4.69, 9.17) is 10.5 Å². The number of benzene rings is 1. The predicted octanol–water partition coefficient (Wildman–Crippen LogP) is 2.61. The van der Waals surface area contributed by atoms with Crippen LogP contribution in [-0.2, 0) is 16.0 Å². The second-order valence-electron chi connectivity index (χ2n) is 6.03. The van der Waals surface area contributed by atoms with E-state index in [-0.39, 0.29) is 18.1 Å². The summed E-state index contributed by atoms with van der Waals surface area (Å²) in [5, 5.41) is 4.11. The molecule has 23 heavy (non-hydrogen) atoms. The van der Waals surface area contributed by atoms with Crippen molar-refractivity contribution < 1.29 is 9.53 Å². The lowest BCUT2D eigenvalue weighted by Crippen LogP contribution is -2.52. The maximum absolute atomic E-state index is 12.7. The standard InChI is InChI=1S/C18H22N2O2S/c1-13-10-20(11-17(22-13)15-7-8-23-12-15)18(21)16(19)9-14-5-3-2-4-6-14/h2-8,12-13,16-17H,9-11,19H2,1H3/t13-,16-,17+/m1/s1. The molecular formula is C18H22N2O2S. The molecule has 0 unspecified atom stereocenters. The summed E-state index contributed by atoms with van der Waals surface area (Å²) in [5.74, 6) is 0.00392. The van der Waals surface area contributed by atoms with Crippen LogP contribution in [0.5, 0.6) is 0 Å². The maximum atomic E-state index is 12.7. The van der Waals surface area contributed by atoms with Crippen LogP contribution in [0, 0.1) is 0 Å². The fraction of sp³-hybridized carbons (Fsp3) is 0.389. The van der Waals surface area contributed by atoms with E-state index in [0.717, 1.165) is 11.1 Å². The summed E-state index contributed by atoms with van der Waals surface area (Å²) in [6.07, 6.45) is 0.522. The molecule has 0 aliphatic carbocycles. The van der Waals surface area contributed by atoms with Crippen LogP contribution in [-0.4, -0.2) is 36.0 Å². The van der Waals surface area contributed by atoms with E-state index in [1.807, 2.05) is 47.5 Å². The number of nitrogens with two attached hydrogens (primary N) is 1. The predicted molar refractivity (Wildman–Crippen MR) is 92.3 cm³/mol. The Hall–Kier alpha value is -1.69. The summed E-state index contributed by atoms with van der Waals surface area (Å²) in [6, 6.07) is 11.5. The van der Waals surface area contributed by atoms with Gasteiger partial charge in [-0.1, -0.05) is 30.3 Å². The molecule has 1 aliphatic rings. The van der Waals surface area contributed by atoms with E-state index in [1.165, 1.54) is 0 Å². The van der Waals surface area contributed by atoms with Gasteiger partial charge in [-0.2, -0.15) is 11.3 Å². The van der Waals surface area contributed by atoms with Crippen LogP contribution >= 0.6 is 11.3 Å². The van der Waals surface area contributed by atoms with Gasteiger partial charge in [0.05, 0.1) is 18.7 Å². The van der Waals surface area contributed by atoms with Gasteiger partial charge in [-0.3, -0.25) is 4.79 Å². The number of thiophene rings is 1. The lowest BCUT2D eigenvalue weighted by atomic mass is 10.0. The Morgan fingerprint density at radius 2 is 2.13 bits per heavy atom. The van der Waals surface area contributed by atoms with Crippen molar-refractivity contribution in [2.75, 3.05) is 13.1 Å². The second kappa shape index (κ2) is 7.25. The Morgan fingerprint density at radius 3 is 2.83 bits per heavy atom. The van der Waals surface area contributed by atoms with E-state index in [0.29, 0.717) is 19.5 Å². The van der Waals surface area contributed by atoms with Crippen LogP contribution in [0.2, 0.25) is 0 Å². The molecule has 5 heteroatoms. The lowest BCUT2D eigenvalue weighted by molar-refractivity contribution is -0.146. The molecule has 1 saturated heterocycles. The fourth-order valence-electron chi connectivity index (χ4n) is 2.96. The Morgan fingerprint density at radius 1 is 1.35 bits per heavy atom. The third-order valence-corrected chi connectivity index (χ3v) is 4.80. The van der Waals surface area contributed by atoms with E-state index < -0.39 is 6.04 Å². The van der Waals surface area contributed by atoms with Gasteiger partial charge in [-0.15, -0.1) is 0 Å². The van der Waals surface area contributed by atoms with Crippen LogP contribution in [0.25, 0.3) is 0 Å². The van der Waals surface area contributed by atoms with Crippen LogP contribution in [0.3, 0.4) is 0 Å². The largest absolute Gasteiger partial charge is 0.367 e. The first-order chi connectivity index (χ1) is 11.1. The smallest absolute Gasteiger partial charge is 0.240 e. The number of carbonyl (C=O) groups is 1. The van der Waals surface area contributed by atoms with Gasteiger partial charge >= 0.3 is 0 Å². The zero-order valence-corrected chi connectivity index (χ0v) is 14.0. The minimum absolute atomic E-state index is 0.00392. The zero-order valence-electron chi connectivity index (χ0n) is 13.2. The molecule has 3 atom stereocenters. The molecule has 1 aliphatic heterocycles. The zero-order chi connectivity index (χ0) is 16.2. The molecule has 2 N–H and O–H groups in total. The number of carbonyl (C=O) groups excluding carboxylic acids is 1. The highest BCUT2D eigenvalue weighted by Gasteiger charge is 2.31. The molecule has 1 aromatic carbocycles. The van der Waals surface area contributed by atoms with E-state index >= 15 is 0 Å². The number of hydrogen-bond donors (Lipinski definition) is 1. The van der Waals surface area contributed by atoms with Gasteiger partial charge in [0, 0.05) is 6.54 Å². The SMILES string of the molecule is C[C@@H]1CN(C(=O)[C@H](N)Cc2ccccc2)C[C@@H](c2ccsc2)O1. The van der Waals surface area contributed by atoms with Gasteiger partial charge in [0.2, 0.25) is 5.91 Å². The summed E-state index contributed by atoms with van der Waals surface area (Å²) in [5.41, 5.74) is 8.38. The fourth-order valence-corrected chi connectivity index (χ4v) is 3.67. The van der Waals surface area contributed by atoms with E-state index in [2.05, 4.69) is 11.4 Å². The molecule has 1 aromatic heterocycles. The molecule has 0 spiro atoms. The minimum Gasteiger partial charge on any atom is -0.367 e. The van der Waals surface area contributed by atoms with Gasteiger partial charge < -0.3 is 15.4 Å². The average molecular weight is 330 g/mol. The van der Waals surface area contributed by atoms with Crippen molar-refractivity contribution >= 4 is 17.2 Å². The van der Waals surface area contributed by atoms with Crippen LogP contribution in [0.1, 0.15) is 24.2 Å². The first-order valence-corrected chi connectivity index (χ1v) is 8.83. The second-order valence-corrected chi connectivity index (χ2v) is 6.81. The van der Waals surface area contributed by atoms with Crippen molar-refractivity contribution in [2.24, 2.45) is 5.73 Å². The summed E-state index contributed by atoms with van der Waals surface area (Å²) in [7, 11) is 0. The first kappa shape index (κ1) is 16.2. The van der Waals surface area contributed by atoms with Crippen LogP contribution in [0.15, 0.2) is 47.2 Å². The highest BCUT2D eigenvalue weighted by molar-refractivity contribution is 7.07. The van der Waals surface area contributed by atoms with Gasteiger partial charge in [0.1, 0.15) is 6.10 Å².